The van der Waals surface area contributed by atoms with E-state index in [1.54, 1.807) is 0 Å². The topological polar surface area (TPSA) is 29.3 Å². The third kappa shape index (κ3) is 2.98. The minimum Gasteiger partial charge on any atom is -0.326 e. The zero-order chi connectivity index (χ0) is 10.8. The van der Waals surface area contributed by atoms with Crippen LogP contribution < -0.4 is 5.73 Å². The minimum atomic E-state index is 0. The molecule has 0 aromatic heterocycles. The highest BCUT2D eigenvalue weighted by molar-refractivity contribution is 9.10. The van der Waals surface area contributed by atoms with Crippen molar-refractivity contribution in [3.8, 4) is 0 Å². The fourth-order valence-corrected chi connectivity index (χ4v) is 2.79. The van der Waals surface area contributed by atoms with E-state index < -0.39 is 0 Å². The minimum absolute atomic E-state index is 0. The first kappa shape index (κ1) is 14.0. The van der Waals surface area contributed by atoms with Gasteiger partial charge in [-0.1, -0.05) is 34.1 Å². The van der Waals surface area contributed by atoms with Crippen molar-refractivity contribution >= 4 is 28.3 Å². The number of hydrogen-bond donors (Lipinski definition) is 1. The van der Waals surface area contributed by atoms with Crippen molar-refractivity contribution in [2.75, 3.05) is 13.1 Å². The molecule has 0 bridgehead atoms. The molecule has 0 radical (unpaired) electrons. The van der Waals surface area contributed by atoms with Gasteiger partial charge in [-0.3, -0.25) is 4.90 Å². The number of nitrogens with two attached hydrogens (primary N) is 1. The summed E-state index contributed by atoms with van der Waals surface area (Å²) >= 11 is 3.60. The average Bonchev–Trinajstić information content (AvgIpc) is 2.65. The lowest BCUT2D eigenvalue weighted by molar-refractivity contribution is 0.259. The van der Waals surface area contributed by atoms with E-state index in [0.29, 0.717) is 12.1 Å². The third-order valence-electron chi connectivity index (χ3n) is 3.16. The number of halogens is 2. The van der Waals surface area contributed by atoms with Crippen molar-refractivity contribution in [3.05, 3.63) is 34.3 Å². The Morgan fingerprint density at radius 2 is 2.12 bits per heavy atom. The van der Waals surface area contributed by atoms with E-state index in [1.807, 2.05) is 0 Å². The molecule has 16 heavy (non-hydrogen) atoms. The summed E-state index contributed by atoms with van der Waals surface area (Å²) in [6.07, 6.45) is 1.12. The maximum atomic E-state index is 5.93. The van der Waals surface area contributed by atoms with Gasteiger partial charge in [-0.25, -0.2) is 0 Å². The Hall–Kier alpha value is -0.0900. The highest BCUT2D eigenvalue weighted by Gasteiger charge is 2.25. The molecule has 1 aromatic carbocycles. The fraction of sp³-hybridized carbons (Fsp3) is 0.500. The quantitative estimate of drug-likeness (QED) is 0.910. The average molecular weight is 306 g/mol. The molecular weight excluding hydrogens is 288 g/mol. The molecule has 1 heterocycles. The van der Waals surface area contributed by atoms with Gasteiger partial charge in [0.1, 0.15) is 0 Å². The van der Waals surface area contributed by atoms with E-state index in [2.05, 4.69) is 52.0 Å². The lowest BCUT2D eigenvalue weighted by Crippen LogP contribution is -2.28. The van der Waals surface area contributed by atoms with Crippen LogP contribution in [0.15, 0.2) is 28.7 Å². The van der Waals surface area contributed by atoms with Gasteiger partial charge in [-0.05, 0) is 25.0 Å². The van der Waals surface area contributed by atoms with Gasteiger partial charge in [-0.15, -0.1) is 12.4 Å². The molecule has 1 aliphatic rings. The standard InChI is InChI=1S/C12H17BrN2.ClH/c1-9(15-7-6-10(14)8-15)11-4-2-3-5-12(11)13;/h2-5,9-10H,6-8,14H2,1H3;1H/t9?,10-;/m0./s1. The normalized spacial score (nSPS) is 22.8. The molecule has 4 heteroatoms. The number of rotatable bonds is 2. The lowest BCUT2D eigenvalue weighted by Gasteiger charge is -2.25. The molecule has 2 nitrogen and oxygen atoms in total. The van der Waals surface area contributed by atoms with Crippen LogP contribution in [0.25, 0.3) is 0 Å². The van der Waals surface area contributed by atoms with E-state index in [1.165, 1.54) is 10.0 Å². The molecule has 2 rings (SSSR count). The van der Waals surface area contributed by atoms with E-state index in [0.717, 1.165) is 19.5 Å². The number of likely N-dealkylation sites (tertiary alicyclic amines) is 1. The van der Waals surface area contributed by atoms with Gasteiger partial charge in [0.15, 0.2) is 0 Å². The molecule has 0 saturated carbocycles. The third-order valence-corrected chi connectivity index (χ3v) is 3.88. The molecule has 1 fully saturated rings. The van der Waals surface area contributed by atoms with Crippen molar-refractivity contribution < 1.29 is 0 Å². The summed E-state index contributed by atoms with van der Waals surface area (Å²) in [5, 5.41) is 0. The van der Waals surface area contributed by atoms with Crippen molar-refractivity contribution in [1.82, 2.24) is 4.90 Å². The van der Waals surface area contributed by atoms with Crippen LogP contribution in [0.3, 0.4) is 0 Å². The second-order valence-corrected chi connectivity index (χ2v) is 5.10. The molecule has 0 amide bonds. The van der Waals surface area contributed by atoms with Gasteiger partial charge < -0.3 is 5.73 Å². The van der Waals surface area contributed by atoms with Crippen LogP contribution in [0.4, 0.5) is 0 Å². The maximum absolute atomic E-state index is 5.93. The summed E-state index contributed by atoms with van der Waals surface area (Å²) in [5.41, 5.74) is 7.28. The fourth-order valence-electron chi connectivity index (χ4n) is 2.18. The summed E-state index contributed by atoms with van der Waals surface area (Å²) in [4.78, 5) is 2.45. The molecule has 1 unspecified atom stereocenters. The van der Waals surface area contributed by atoms with Crippen molar-refractivity contribution in [2.45, 2.75) is 25.4 Å². The van der Waals surface area contributed by atoms with E-state index in [4.69, 9.17) is 5.73 Å². The van der Waals surface area contributed by atoms with E-state index >= 15 is 0 Å². The van der Waals surface area contributed by atoms with E-state index in [-0.39, 0.29) is 12.4 Å². The smallest absolute Gasteiger partial charge is 0.0331 e. The van der Waals surface area contributed by atoms with Crippen molar-refractivity contribution in [3.63, 3.8) is 0 Å². The summed E-state index contributed by atoms with van der Waals surface area (Å²) < 4.78 is 1.19. The molecule has 2 N–H and O–H groups in total. The van der Waals surface area contributed by atoms with Crippen LogP contribution in [-0.4, -0.2) is 24.0 Å². The van der Waals surface area contributed by atoms with E-state index in [9.17, 15) is 0 Å². The zero-order valence-electron chi connectivity index (χ0n) is 9.40. The maximum Gasteiger partial charge on any atom is 0.0331 e. The van der Waals surface area contributed by atoms with Gasteiger partial charge >= 0.3 is 0 Å². The van der Waals surface area contributed by atoms with Gasteiger partial charge in [-0.2, -0.15) is 0 Å². The van der Waals surface area contributed by atoms with Gasteiger partial charge in [0.25, 0.3) is 0 Å². The highest BCUT2D eigenvalue weighted by Crippen LogP contribution is 2.29. The first-order chi connectivity index (χ1) is 7.18. The zero-order valence-corrected chi connectivity index (χ0v) is 11.8. The number of hydrogen-bond acceptors (Lipinski definition) is 2. The SMILES string of the molecule is CC(c1ccccc1Br)N1CC[C@H](N)C1.Cl. The second kappa shape index (κ2) is 6.01. The molecule has 1 saturated heterocycles. The van der Waals surface area contributed by atoms with Gasteiger partial charge in [0.05, 0.1) is 0 Å². The molecule has 1 aromatic rings. The Labute approximate surface area is 112 Å². The highest BCUT2D eigenvalue weighted by atomic mass is 79.9. The Bertz CT molecular complexity index is 346. The number of benzene rings is 1. The lowest BCUT2D eigenvalue weighted by atomic mass is 10.1. The Morgan fingerprint density at radius 1 is 1.44 bits per heavy atom. The number of nitrogens with zero attached hydrogens (tertiary/aromatic N) is 1. The van der Waals surface area contributed by atoms with Crippen LogP contribution in [0, 0.1) is 0 Å². The predicted molar refractivity (Wildman–Crippen MR) is 74.0 cm³/mol. The van der Waals surface area contributed by atoms with Gasteiger partial charge in [0, 0.05) is 29.6 Å². The van der Waals surface area contributed by atoms with Crippen LogP contribution in [0.2, 0.25) is 0 Å². The van der Waals surface area contributed by atoms with Crippen LogP contribution >= 0.6 is 28.3 Å². The second-order valence-electron chi connectivity index (χ2n) is 4.24. The Morgan fingerprint density at radius 3 is 2.69 bits per heavy atom. The van der Waals surface area contributed by atoms with Crippen molar-refractivity contribution in [1.29, 1.82) is 0 Å². The molecule has 0 spiro atoms. The largest absolute Gasteiger partial charge is 0.326 e. The molecule has 2 atom stereocenters. The molecule has 1 aliphatic heterocycles. The monoisotopic (exact) mass is 304 g/mol. The summed E-state index contributed by atoms with van der Waals surface area (Å²) in [6, 6.07) is 9.23. The Balaban J connectivity index is 0.00000128. The van der Waals surface area contributed by atoms with Crippen molar-refractivity contribution in [2.24, 2.45) is 5.73 Å². The van der Waals surface area contributed by atoms with Crippen LogP contribution in [0.5, 0.6) is 0 Å². The first-order valence-electron chi connectivity index (χ1n) is 5.42. The van der Waals surface area contributed by atoms with Gasteiger partial charge in [0.2, 0.25) is 0 Å². The summed E-state index contributed by atoms with van der Waals surface area (Å²) in [5.74, 6) is 0. The van der Waals surface area contributed by atoms with Crippen LogP contribution in [0.1, 0.15) is 24.9 Å². The summed E-state index contributed by atoms with van der Waals surface area (Å²) in [6.45, 7) is 4.38. The first-order valence-corrected chi connectivity index (χ1v) is 6.22. The molecule has 90 valence electrons. The van der Waals surface area contributed by atoms with Crippen LogP contribution in [-0.2, 0) is 0 Å². The predicted octanol–water partition coefficient (Wildman–Crippen LogP) is 2.96. The molecule has 0 aliphatic carbocycles. The molecular formula is C12H18BrClN2. The Kier molecular flexibility index (Phi) is 5.25. The summed E-state index contributed by atoms with van der Waals surface area (Å²) in [7, 11) is 0.